The van der Waals surface area contributed by atoms with Crippen LogP contribution in [-0.4, -0.2) is 15.0 Å². The van der Waals surface area contributed by atoms with Gasteiger partial charge in [-0.1, -0.05) is 23.2 Å². The molecule has 1 atom stereocenters. The van der Waals surface area contributed by atoms with E-state index in [1.165, 1.54) is 18.2 Å². The summed E-state index contributed by atoms with van der Waals surface area (Å²) in [6.45, 7) is 1.64. The highest BCUT2D eigenvalue weighted by Gasteiger charge is 2.18. The first-order valence-electron chi connectivity index (χ1n) is 4.71. The molecule has 0 saturated carbocycles. The van der Waals surface area contributed by atoms with Crippen molar-refractivity contribution in [2.24, 2.45) is 5.92 Å². The van der Waals surface area contributed by atoms with Crippen LogP contribution in [0.4, 0.5) is 0 Å². The van der Waals surface area contributed by atoms with Crippen LogP contribution in [0.5, 0.6) is 0 Å². The van der Waals surface area contributed by atoms with Crippen molar-refractivity contribution in [1.29, 1.82) is 5.26 Å². The van der Waals surface area contributed by atoms with Crippen LogP contribution in [0.1, 0.15) is 6.92 Å². The van der Waals surface area contributed by atoms with Crippen molar-refractivity contribution < 1.29 is 8.42 Å². The van der Waals surface area contributed by atoms with Gasteiger partial charge in [-0.05, 0) is 25.1 Å². The third-order valence-electron chi connectivity index (χ3n) is 1.98. The van der Waals surface area contributed by atoms with Crippen molar-refractivity contribution in [3.05, 3.63) is 28.2 Å². The Kier molecular flexibility index (Phi) is 4.78. The van der Waals surface area contributed by atoms with Crippen LogP contribution in [0.25, 0.3) is 0 Å². The van der Waals surface area contributed by atoms with Gasteiger partial charge in [-0.2, -0.15) is 5.26 Å². The van der Waals surface area contributed by atoms with Crippen LogP contribution in [0.15, 0.2) is 23.1 Å². The van der Waals surface area contributed by atoms with E-state index in [1.54, 1.807) is 6.92 Å². The Bertz CT molecular complexity index is 552. The average molecular weight is 293 g/mol. The molecule has 0 bridgehead atoms. The highest BCUT2D eigenvalue weighted by atomic mass is 35.5. The van der Waals surface area contributed by atoms with E-state index in [0.717, 1.165) is 0 Å². The van der Waals surface area contributed by atoms with Crippen LogP contribution < -0.4 is 4.72 Å². The molecule has 0 amide bonds. The molecule has 0 aliphatic heterocycles. The minimum atomic E-state index is -3.74. The lowest BCUT2D eigenvalue weighted by Gasteiger charge is -2.09. The zero-order valence-corrected chi connectivity index (χ0v) is 11.3. The fourth-order valence-electron chi connectivity index (χ4n) is 1.04. The number of hydrogen-bond donors (Lipinski definition) is 1. The molecule has 0 aliphatic carbocycles. The monoisotopic (exact) mass is 292 g/mol. The Balaban J connectivity index is 2.98. The van der Waals surface area contributed by atoms with Gasteiger partial charge >= 0.3 is 0 Å². The van der Waals surface area contributed by atoms with Gasteiger partial charge in [0.05, 0.1) is 17.0 Å². The summed E-state index contributed by atoms with van der Waals surface area (Å²) in [7, 11) is -3.74. The molecule has 0 aromatic heterocycles. The van der Waals surface area contributed by atoms with Crippen molar-refractivity contribution >= 4 is 33.2 Å². The van der Waals surface area contributed by atoms with Gasteiger partial charge < -0.3 is 0 Å². The second kappa shape index (κ2) is 5.69. The first kappa shape index (κ1) is 14.3. The molecular formula is C10H10Cl2N2O2S. The maximum absolute atomic E-state index is 11.9. The number of sulfonamides is 1. The molecule has 1 aromatic carbocycles. The number of benzene rings is 1. The molecule has 4 nitrogen and oxygen atoms in total. The molecule has 1 unspecified atom stereocenters. The van der Waals surface area contributed by atoms with Crippen molar-refractivity contribution in [2.45, 2.75) is 11.8 Å². The van der Waals surface area contributed by atoms with E-state index < -0.39 is 15.9 Å². The van der Waals surface area contributed by atoms with Crippen LogP contribution in [0.2, 0.25) is 10.0 Å². The molecule has 1 rings (SSSR count). The molecule has 0 saturated heterocycles. The molecule has 1 aromatic rings. The average Bonchev–Trinajstić information content (AvgIpc) is 2.29. The van der Waals surface area contributed by atoms with Crippen LogP contribution in [0, 0.1) is 17.2 Å². The van der Waals surface area contributed by atoms with Gasteiger partial charge in [-0.15, -0.1) is 0 Å². The molecule has 0 aliphatic rings. The maximum Gasteiger partial charge on any atom is 0.242 e. The molecule has 92 valence electrons. The standard InChI is InChI=1S/C10H10Cl2N2O2S/c1-7(5-13)6-14-17(15,16)10-4-8(11)2-3-9(10)12/h2-4,7,14H,6H2,1H3. The molecular weight excluding hydrogens is 283 g/mol. The van der Waals surface area contributed by atoms with Gasteiger partial charge in [-0.25, -0.2) is 13.1 Å². The van der Waals surface area contributed by atoms with E-state index in [4.69, 9.17) is 28.5 Å². The molecule has 0 spiro atoms. The summed E-state index contributed by atoms with van der Waals surface area (Å²) in [5.74, 6) is -0.414. The summed E-state index contributed by atoms with van der Waals surface area (Å²) in [5.41, 5.74) is 0. The predicted molar refractivity (Wildman–Crippen MR) is 66.4 cm³/mol. The molecule has 17 heavy (non-hydrogen) atoms. The number of halogens is 2. The predicted octanol–water partition coefficient (Wildman–Crippen LogP) is 2.43. The summed E-state index contributed by atoms with van der Waals surface area (Å²) in [5, 5.41) is 8.94. The van der Waals surface area contributed by atoms with Crippen LogP contribution in [0.3, 0.4) is 0 Å². The topological polar surface area (TPSA) is 70.0 Å². The first-order valence-corrected chi connectivity index (χ1v) is 6.95. The number of hydrogen-bond acceptors (Lipinski definition) is 3. The Morgan fingerprint density at radius 1 is 1.47 bits per heavy atom. The largest absolute Gasteiger partial charge is 0.242 e. The molecule has 7 heteroatoms. The number of nitrogens with one attached hydrogen (secondary N) is 1. The third-order valence-corrected chi connectivity index (χ3v) is 4.12. The van der Waals surface area contributed by atoms with E-state index >= 15 is 0 Å². The van der Waals surface area contributed by atoms with Gasteiger partial charge in [0.15, 0.2) is 0 Å². The fourth-order valence-corrected chi connectivity index (χ4v) is 2.93. The lowest BCUT2D eigenvalue weighted by atomic mass is 10.2. The second-order valence-electron chi connectivity index (χ2n) is 3.46. The SMILES string of the molecule is CC(C#N)CNS(=O)(=O)c1cc(Cl)ccc1Cl. The quantitative estimate of drug-likeness (QED) is 0.926. The third kappa shape index (κ3) is 3.86. The summed E-state index contributed by atoms with van der Waals surface area (Å²) in [6, 6.07) is 6.11. The lowest BCUT2D eigenvalue weighted by molar-refractivity contribution is 0.573. The first-order chi connectivity index (χ1) is 7.86. The van der Waals surface area contributed by atoms with Gasteiger partial charge in [-0.3, -0.25) is 0 Å². The van der Waals surface area contributed by atoms with Gasteiger partial charge in [0, 0.05) is 11.6 Å². The van der Waals surface area contributed by atoms with Gasteiger partial charge in [0.1, 0.15) is 4.90 Å². The van der Waals surface area contributed by atoms with E-state index in [0.29, 0.717) is 0 Å². The Labute approximate surface area is 110 Å². The minimum Gasteiger partial charge on any atom is -0.210 e. The van der Waals surface area contributed by atoms with Crippen LogP contribution >= 0.6 is 23.2 Å². The zero-order chi connectivity index (χ0) is 13.1. The second-order valence-corrected chi connectivity index (χ2v) is 6.04. The van der Waals surface area contributed by atoms with Crippen LogP contribution in [-0.2, 0) is 10.0 Å². The number of nitriles is 1. The number of rotatable bonds is 4. The van der Waals surface area contributed by atoms with E-state index in [1.807, 2.05) is 6.07 Å². The zero-order valence-electron chi connectivity index (χ0n) is 8.94. The minimum absolute atomic E-state index is 0.0294. The maximum atomic E-state index is 11.9. The highest BCUT2D eigenvalue weighted by Crippen LogP contribution is 2.24. The van der Waals surface area contributed by atoms with Crippen molar-refractivity contribution in [3.63, 3.8) is 0 Å². The molecule has 0 fully saturated rings. The Morgan fingerprint density at radius 2 is 2.12 bits per heavy atom. The molecule has 0 radical (unpaired) electrons. The van der Waals surface area contributed by atoms with E-state index in [-0.39, 0.29) is 21.5 Å². The van der Waals surface area contributed by atoms with Crippen molar-refractivity contribution in [3.8, 4) is 6.07 Å². The summed E-state index contributed by atoms with van der Waals surface area (Å²) >= 11 is 11.5. The summed E-state index contributed by atoms with van der Waals surface area (Å²) in [4.78, 5) is -0.0863. The smallest absolute Gasteiger partial charge is 0.210 e. The number of nitrogens with zero attached hydrogens (tertiary/aromatic N) is 1. The Morgan fingerprint density at radius 3 is 2.71 bits per heavy atom. The summed E-state index contributed by atoms with van der Waals surface area (Å²) < 4.78 is 26.0. The van der Waals surface area contributed by atoms with Gasteiger partial charge in [0.2, 0.25) is 10.0 Å². The fraction of sp³-hybridized carbons (Fsp3) is 0.300. The van der Waals surface area contributed by atoms with Crippen molar-refractivity contribution in [2.75, 3.05) is 6.54 Å². The van der Waals surface area contributed by atoms with Crippen molar-refractivity contribution in [1.82, 2.24) is 4.72 Å². The highest BCUT2D eigenvalue weighted by molar-refractivity contribution is 7.89. The molecule has 1 N–H and O–H groups in total. The lowest BCUT2D eigenvalue weighted by Crippen LogP contribution is -2.28. The van der Waals surface area contributed by atoms with E-state index in [2.05, 4.69) is 4.72 Å². The van der Waals surface area contributed by atoms with Gasteiger partial charge in [0.25, 0.3) is 0 Å². The summed E-state index contributed by atoms with van der Waals surface area (Å²) in [6.07, 6.45) is 0. The Hall–Kier alpha value is -0.800. The normalized spacial score (nSPS) is 13.1. The molecule has 0 heterocycles. The van der Waals surface area contributed by atoms with E-state index in [9.17, 15) is 8.42 Å².